The van der Waals surface area contributed by atoms with Crippen molar-refractivity contribution in [3.63, 3.8) is 0 Å². The molecule has 1 aromatic carbocycles. The summed E-state index contributed by atoms with van der Waals surface area (Å²) in [5.74, 6) is -1.78. The second kappa shape index (κ2) is 12.1. The summed E-state index contributed by atoms with van der Waals surface area (Å²) in [6.07, 6.45) is 1.78. The van der Waals surface area contributed by atoms with Crippen LogP contribution in [0.2, 0.25) is 0 Å². The molecule has 0 aromatic heterocycles. The van der Waals surface area contributed by atoms with Crippen LogP contribution in [-0.4, -0.2) is 29.1 Å². The van der Waals surface area contributed by atoms with Crippen molar-refractivity contribution in [3.05, 3.63) is 23.8 Å². The van der Waals surface area contributed by atoms with Gasteiger partial charge in [-0.3, -0.25) is 14.4 Å². The Morgan fingerprint density at radius 2 is 1.35 bits per heavy atom. The molecule has 0 heterocycles. The zero-order chi connectivity index (χ0) is 23.1. The summed E-state index contributed by atoms with van der Waals surface area (Å²) >= 11 is 0. The van der Waals surface area contributed by atoms with Crippen LogP contribution < -0.4 is 15.2 Å². The average molecular weight is 458 g/mol. The van der Waals surface area contributed by atoms with Gasteiger partial charge in [-0.2, -0.15) is 0 Å². The summed E-state index contributed by atoms with van der Waals surface area (Å²) in [5.41, 5.74) is 6.12. The lowest BCUT2D eigenvalue weighted by Gasteiger charge is -2.18. The second-order valence-electron chi connectivity index (χ2n) is 10.00. The second-order valence-corrected chi connectivity index (χ2v) is 10.00. The molecule has 0 radical (unpaired) electrons. The molecular formula is C23H36ClNO6. The molecule has 0 aliphatic heterocycles. The van der Waals surface area contributed by atoms with Crippen molar-refractivity contribution in [2.45, 2.75) is 79.7 Å². The Labute approximate surface area is 191 Å². The van der Waals surface area contributed by atoms with Gasteiger partial charge in [-0.1, -0.05) is 47.6 Å². The minimum Gasteiger partial charge on any atom is -0.480 e. The number of benzene rings is 1. The van der Waals surface area contributed by atoms with Crippen molar-refractivity contribution in [1.29, 1.82) is 0 Å². The van der Waals surface area contributed by atoms with E-state index in [1.165, 1.54) is 12.1 Å². The Hall–Kier alpha value is -2.12. The third kappa shape index (κ3) is 12.4. The quantitative estimate of drug-likeness (QED) is 0.413. The zero-order valence-electron chi connectivity index (χ0n) is 19.3. The minimum absolute atomic E-state index is 0. The molecule has 3 N–H and O–H groups in total. The van der Waals surface area contributed by atoms with Gasteiger partial charge in [0, 0.05) is 12.8 Å². The lowest BCUT2D eigenvalue weighted by atomic mass is 9.91. The predicted molar refractivity (Wildman–Crippen MR) is 122 cm³/mol. The fourth-order valence-electron chi connectivity index (χ4n) is 2.49. The van der Waals surface area contributed by atoms with E-state index >= 15 is 0 Å². The standard InChI is InChI=1S/C23H35NO6.ClH/c1-22(2,3)11-9-19(25)29-17-8-7-15(13-16(24)21(27)28)14-18(17)30-20(26)10-12-23(4,5)6;/h7-8,14,16H,9-13,24H2,1-6H3,(H,27,28);1H/t16-;/m0./s1. The molecule has 0 amide bonds. The normalized spacial score (nSPS) is 12.5. The maximum Gasteiger partial charge on any atom is 0.320 e. The zero-order valence-corrected chi connectivity index (χ0v) is 20.1. The first-order chi connectivity index (χ1) is 13.7. The molecule has 1 rings (SSSR count). The number of carbonyl (C=O) groups excluding carboxylic acids is 2. The molecule has 8 heteroatoms. The Kier molecular flexibility index (Phi) is 11.2. The Morgan fingerprint density at radius 3 is 1.77 bits per heavy atom. The van der Waals surface area contributed by atoms with Gasteiger partial charge in [0.1, 0.15) is 6.04 Å². The van der Waals surface area contributed by atoms with Crippen molar-refractivity contribution in [2.24, 2.45) is 16.6 Å². The van der Waals surface area contributed by atoms with Crippen LogP contribution >= 0.6 is 12.4 Å². The number of carboxylic acid groups (broad SMARTS) is 1. The van der Waals surface area contributed by atoms with Crippen LogP contribution in [0.5, 0.6) is 11.5 Å². The molecule has 0 saturated heterocycles. The number of nitrogens with two attached hydrogens (primary N) is 1. The highest BCUT2D eigenvalue weighted by atomic mass is 35.5. The fraction of sp³-hybridized carbons (Fsp3) is 0.609. The lowest BCUT2D eigenvalue weighted by Crippen LogP contribution is -2.32. The van der Waals surface area contributed by atoms with Gasteiger partial charge in [-0.25, -0.2) is 0 Å². The van der Waals surface area contributed by atoms with Crippen LogP contribution in [0.25, 0.3) is 0 Å². The van der Waals surface area contributed by atoms with Gasteiger partial charge < -0.3 is 20.3 Å². The largest absolute Gasteiger partial charge is 0.480 e. The summed E-state index contributed by atoms with van der Waals surface area (Å²) in [5, 5.41) is 9.02. The molecule has 0 unspecified atom stereocenters. The summed E-state index contributed by atoms with van der Waals surface area (Å²) in [4.78, 5) is 35.6. The monoisotopic (exact) mass is 457 g/mol. The molecule has 0 aliphatic carbocycles. The topological polar surface area (TPSA) is 116 Å². The van der Waals surface area contributed by atoms with Crippen LogP contribution in [0.15, 0.2) is 18.2 Å². The van der Waals surface area contributed by atoms with E-state index in [1.54, 1.807) is 6.07 Å². The van der Waals surface area contributed by atoms with Gasteiger partial charge in [0.15, 0.2) is 11.5 Å². The van der Waals surface area contributed by atoms with Crippen molar-refractivity contribution in [3.8, 4) is 11.5 Å². The maximum atomic E-state index is 12.3. The molecule has 0 saturated carbocycles. The highest BCUT2D eigenvalue weighted by molar-refractivity contribution is 5.85. The van der Waals surface area contributed by atoms with E-state index in [1.807, 2.05) is 41.5 Å². The number of ether oxygens (including phenoxy) is 2. The smallest absolute Gasteiger partial charge is 0.320 e. The fourth-order valence-corrected chi connectivity index (χ4v) is 2.49. The highest BCUT2D eigenvalue weighted by Gasteiger charge is 2.20. The van der Waals surface area contributed by atoms with Crippen molar-refractivity contribution in [2.75, 3.05) is 0 Å². The first kappa shape index (κ1) is 28.9. The molecule has 0 aliphatic rings. The Balaban J connectivity index is 0.00000900. The number of carbonyl (C=O) groups is 3. The Bertz CT molecular complexity index is 764. The first-order valence-corrected chi connectivity index (χ1v) is 10.2. The summed E-state index contributed by atoms with van der Waals surface area (Å²) in [7, 11) is 0. The van der Waals surface area contributed by atoms with Gasteiger partial charge in [0.05, 0.1) is 0 Å². The van der Waals surface area contributed by atoms with Gasteiger partial charge in [0.25, 0.3) is 0 Å². The van der Waals surface area contributed by atoms with Crippen LogP contribution in [0, 0.1) is 10.8 Å². The maximum absolute atomic E-state index is 12.3. The van der Waals surface area contributed by atoms with E-state index in [2.05, 4.69) is 0 Å². The van der Waals surface area contributed by atoms with Gasteiger partial charge in [0.2, 0.25) is 0 Å². The number of hydrogen-bond donors (Lipinski definition) is 2. The van der Waals surface area contributed by atoms with E-state index < -0.39 is 23.9 Å². The molecule has 0 fully saturated rings. The SMILES string of the molecule is CC(C)(C)CCC(=O)Oc1ccc(C[C@H](N)C(=O)O)cc1OC(=O)CCC(C)(C)C.Cl. The van der Waals surface area contributed by atoms with E-state index in [0.29, 0.717) is 18.4 Å². The van der Waals surface area contributed by atoms with Crippen molar-refractivity contribution < 1.29 is 29.0 Å². The molecular weight excluding hydrogens is 422 g/mol. The summed E-state index contributed by atoms with van der Waals surface area (Å²) in [6.45, 7) is 12.2. The number of carboxylic acids is 1. The van der Waals surface area contributed by atoms with Crippen LogP contribution in [-0.2, 0) is 20.8 Å². The highest BCUT2D eigenvalue weighted by Crippen LogP contribution is 2.31. The van der Waals surface area contributed by atoms with E-state index in [4.69, 9.17) is 20.3 Å². The molecule has 1 aromatic rings. The minimum atomic E-state index is -1.13. The molecule has 1 atom stereocenters. The average Bonchev–Trinajstić information content (AvgIpc) is 2.59. The van der Waals surface area contributed by atoms with E-state index in [-0.39, 0.29) is 54.0 Å². The predicted octanol–water partition coefficient (Wildman–Crippen LogP) is 4.53. The van der Waals surface area contributed by atoms with E-state index in [9.17, 15) is 14.4 Å². The summed E-state index contributed by atoms with van der Waals surface area (Å²) < 4.78 is 10.9. The van der Waals surface area contributed by atoms with Crippen LogP contribution in [0.1, 0.15) is 72.8 Å². The van der Waals surface area contributed by atoms with Crippen molar-refractivity contribution in [1.82, 2.24) is 0 Å². The number of aliphatic carboxylic acids is 1. The third-order valence-electron chi connectivity index (χ3n) is 4.39. The van der Waals surface area contributed by atoms with Crippen LogP contribution in [0.4, 0.5) is 0 Å². The van der Waals surface area contributed by atoms with Crippen LogP contribution in [0.3, 0.4) is 0 Å². The molecule has 176 valence electrons. The number of hydrogen-bond acceptors (Lipinski definition) is 6. The lowest BCUT2D eigenvalue weighted by molar-refractivity contribution is -0.138. The number of esters is 2. The van der Waals surface area contributed by atoms with Crippen molar-refractivity contribution >= 4 is 30.3 Å². The van der Waals surface area contributed by atoms with Gasteiger partial charge in [-0.15, -0.1) is 12.4 Å². The van der Waals surface area contributed by atoms with Gasteiger partial charge >= 0.3 is 17.9 Å². The number of halogens is 1. The third-order valence-corrected chi connectivity index (χ3v) is 4.39. The summed E-state index contributed by atoms with van der Waals surface area (Å²) in [6, 6.07) is 3.53. The van der Waals surface area contributed by atoms with Gasteiger partial charge in [-0.05, 0) is 47.8 Å². The number of rotatable bonds is 9. The molecule has 0 spiro atoms. The molecule has 7 nitrogen and oxygen atoms in total. The Morgan fingerprint density at radius 1 is 0.903 bits per heavy atom. The molecule has 31 heavy (non-hydrogen) atoms. The first-order valence-electron chi connectivity index (χ1n) is 10.2. The van der Waals surface area contributed by atoms with E-state index in [0.717, 1.165) is 0 Å². The molecule has 0 bridgehead atoms.